The highest BCUT2D eigenvalue weighted by molar-refractivity contribution is 7.02. The van der Waals surface area contributed by atoms with Crippen molar-refractivity contribution in [2.45, 2.75) is 0 Å². The smallest absolute Gasteiger partial charge is 0.258 e. The van der Waals surface area contributed by atoms with Crippen molar-refractivity contribution in [3.05, 3.63) is 127 Å². The molecule has 196 valence electrons. The lowest BCUT2D eigenvalue weighted by atomic mass is 9.34. The minimum absolute atomic E-state index is 0.0908. The Kier molecular flexibility index (Phi) is 3.36. The number of fused-ring (bicyclic) bond motifs is 18. The minimum atomic E-state index is 0.0908. The number of imidazole rings is 2. The maximum atomic E-state index is 2.58. The van der Waals surface area contributed by atoms with Crippen LogP contribution in [0, 0.1) is 0 Å². The molecule has 4 nitrogen and oxygen atoms in total. The van der Waals surface area contributed by atoms with Gasteiger partial charge in [-0.25, -0.2) is 0 Å². The number of nitrogens with zero attached hydrogens (tertiary/aromatic N) is 4. The van der Waals surface area contributed by atoms with E-state index in [0.29, 0.717) is 0 Å². The molecule has 0 fully saturated rings. The lowest BCUT2D eigenvalue weighted by Gasteiger charge is -2.32. The van der Waals surface area contributed by atoms with Crippen LogP contribution < -0.4 is 16.4 Å². The number of benzene rings is 6. The Bertz CT molecular complexity index is 2910. The summed E-state index contributed by atoms with van der Waals surface area (Å²) in [4.78, 5) is 0. The van der Waals surface area contributed by atoms with Crippen LogP contribution >= 0.6 is 0 Å². The fourth-order valence-electron chi connectivity index (χ4n) is 8.86. The van der Waals surface area contributed by atoms with Gasteiger partial charge in [-0.3, -0.25) is 17.9 Å². The Morgan fingerprint density at radius 2 is 0.860 bits per heavy atom. The predicted octanol–water partition coefficient (Wildman–Crippen LogP) is 6.68. The second-order valence-corrected chi connectivity index (χ2v) is 12.1. The summed E-state index contributed by atoms with van der Waals surface area (Å²) in [6, 6.07) is 47.3. The topological polar surface area (TPSA) is 18.7 Å². The van der Waals surface area contributed by atoms with Gasteiger partial charge in [0, 0.05) is 11.1 Å². The first-order valence-corrected chi connectivity index (χ1v) is 15.0. The highest BCUT2D eigenvalue weighted by Crippen LogP contribution is 2.41. The van der Waals surface area contributed by atoms with Crippen molar-refractivity contribution in [3.8, 4) is 11.4 Å². The second kappa shape index (κ2) is 6.85. The van der Waals surface area contributed by atoms with E-state index in [9.17, 15) is 0 Å². The molecule has 6 heterocycles. The molecule has 6 aromatic carbocycles. The van der Waals surface area contributed by atoms with Crippen LogP contribution in [0.15, 0.2) is 127 Å². The van der Waals surface area contributed by atoms with Gasteiger partial charge in [0.15, 0.2) is 0 Å². The summed E-state index contributed by atoms with van der Waals surface area (Å²) in [5.41, 5.74) is 16.9. The molecule has 5 heteroatoms. The first-order valence-electron chi connectivity index (χ1n) is 15.0. The molecule has 0 amide bonds. The Balaban J connectivity index is 1.47. The Morgan fingerprint density at radius 3 is 1.49 bits per heavy atom. The third-order valence-corrected chi connectivity index (χ3v) is 10.3. The van der Waals surface area contributed by atoms with Gasteiger partial charge in [-0.2, -0.15) is 0 Å². The summed E-state index contributed by atoms with van der Waals surface area (Å²) >= 11 is 0. The summed E-state index contributed by atoms with van der Waals surface area (Å²) < 4.78 is 10.2. The van der Waals surface area contributed by atoms with Crippen molar-refractivity contribution >= 4 is 89.0 Å². The Labute approximate surface area is 245 Å². The largest absolute Gasteiger partial charge is 0.295 e. The van der Waals surface area contributed by atoms with Crippen molar-refractivity contribution < 1.29 is 0 Å². The molecule has 0 saturated carbocycles. The van der Waals surface area contributed by atoms with Crippen molar-refractivity contribution in [2.24, 2.45) is 0 Å². The van der Waals surface area contributed by atoms with Crippen molar-refractivity contribution in [1.82, 2.24) is 17.9 Å². The molecule has 43 heavy (non-hydrogen) atoms. The Hall–Kier alpha value is -5.68. The highest BCUT2D eigenvalue weighted by atomic mass is 15.2. The maximum absolute atomic E-state index is 2.58. The highest BCUT2D eigenvalue weighted by Gasteiger charge is 2.45. The average molecular weight is 544 g/mol. The van der Waals surface area contributed by atoms with E-state index in [1.54, 1.807) is 0 Å². The van der Waals surface area contributed by atoms with Gasteiger partial charge in [0.25, 0.3) is 6.71 Å². The fourth-order valence-corrected chi connectivity index (χ4v) is 8.86. The van der Waals surface area contributed by atoms with Gasteiger partial charge < -0.3 is 0 Å². The predicted molar refractivity (Wildman–Crippen MR) is 179 cm³/mol. The molecular formula is C38H21BN4. The van der Waals surface area contributed by atoms with E-state index < -0.39 is 0 Å². The van der Waals surface area contributed by atoms with Gasteiger partial charge in [-0.05, 0) is 75.0 Å². The maximum Gasteiger partial charge on any atom is 0.258 e. The van der Waals surface area contributed by atoms with Crippen LogP contribution in [0.1, 0.15) is 0 Å². The molecule has 2 aliphatic heterocycles. The van der Waals surface area contributed by atoms with E-state index >= 15 is 0 Å². The van der Waals surface area contributed by atoms with Crippen LogP contribution in [0.2, 0.25) is 0 Å². The molecule has 2 aliphatic rings. The molecule has 12 rings (SSSR count). The van der Waals surface area contributed by atoms with Crippen LogP contribution in [-0.2, 0) is 0 Å². The minimum Gasteiger partial charge on any atom is -0.295 e. The molecule has 0 atom stereocenters. The normalized spacial score (nSPS) is 13.5. The van der Waals surface area contributed by atoms with E-state index in [0.717, 1.165) is 0 Å². The van der Waals surface area contributed by atoms with Gasteiger partial charge >= 0.3 is 0 Å². The summed E-state index contributed by atoms with van der Waals surface area (Å²) in [6.45, 7) is 0.0908. The first kappa shape index (κ1) is 21.1. The zero-order valence-electron chi connectivity index (χ0n) is 23.0. The van der Waals surface area contributed by atoms with Crippen molar-refractivity contribution in [1.29, 1.82) is 0 Å². The molecule has 0 saturated heterocycles. The van der Waals surface area contributed by atoms with Crippen LogP contribution in [0.5, 0.6) is 0 Å². The van der Waals surface area contributed by atoms with Crippen LogP contribution in [0.4, 0.5) is 0 Å². The molecule has 0 aliphatic carbocycles. The number of rotatable bonds is 0. The van der Waals surface area contributed by atoms with Gasteiger partial charge in [-0.15, -0.1) is 0 Å². The number of hydrogen-bond donors (Lipinski definition) is 0. The monoisotopic (exact) mass is 544 g/mol. The van der Waals surface area contributed by atoms with Crippen LogP contribution in [0.3, 0.4) is 0 Å². The fraction of sp³-hybridized carbons (Fsp3) is 0. The van der Waals surface area contributed by atoms with Crippen LogP contribution in [0.25, 0.3) is 77.3 Å². The van der Waals surface area contributed by atoms with Gasteiger partial charge in [0.05, 0.1) is 38.8 Å². The number of hydrogen-bond acceptors (Lipinski definition) is 0. The quantitative estimate of drug-likeness (QED) is 0.190. The van der Waals surface area contributed by atoms with Gasteiger partial charge in [0.1, 0.15) is 11.3 Å². The lowest BCUT2D eigenvalue weighted by molar-refractivity contribution is 1.13. The molecule has 0 spiro atoms. The summed E-state index contributed by atoms with van der Waals surface area (Å²) in [7, 11) is 0. The van der Waals surface area contributed by atoms with E-state index in [-0.39, 0.29) is 6.71 Å². The number of aromatic nitrogens is 4. The van der Waals surface area contributed by atoms with E-state index in [1.165, 1.54) is 93.7 Å². The SMILES string of the molecule is c1ccc2c3c4c(cc2c1)-n1c2ccccc2n2c5ccccc5c(c12)B4c1c2ccccc2n2c4ccccc4n-3c12. The molecule has 0 radical (unpaired) electrons. The van der Waals surface area contributed by atoms with Gasteiger partial charge in [-0.1, -0.05) is 84.9 Å². The second-order valence-electron chi connectivity index (χ2n) is 12.1. The zero-order valence-corrected chi connectivity index (χ0v) is 23.0. The molecular weight excluding hydrogens is 523 g/mol. The molecule has 10 aromatic rings. The molecule has 0 unspecified atom stereocenters. The van der Waals surface area contributed by atoms with Gasteiger partial charge in [0.2, 0.25) is 0 Å². The van der Waals surface area contributed by atoms with Crippen molar-refractivity contribution in [2.75, 3.05) is 0 Å². The van der Waals surface area contributed by atoms with E-state index in [4.69, 9.17) is 0 Å². The summed E-state index contributed by atoms with van der Waals surface area (Å²) in [6.07, 6.45) is 0. The average Bonchev–Trinajstić information content (AvgIpc) is 3.78. The Morgan fingerprint density at radius 1 is 0.395 bits per heavy atom. The molecule has 0 N–H and O–H groups in total. The summed E-state index contributed by atoms with van der Waals surface area (Å²) in [5.74, 6) is 0. The third kappa shape index (κ3) is 2.14. The zero-order chi connectivity index (χ0) is 27.6. The standard InChI is InChI=1S/C38H21BN4/c1-2-12-23-22(11-1)21-32-35-36(23)43-31-20-10-9-19-30(31)41-27-16-6-4-14-25(27)34(38(41)43)39(35)33-24-13-3-5-15-26(24)40-28-17-7-8-18-29(28)42(32)37(33)40/h1-21H. The summed E-state index contributed by atoms with van der Waals surface area (Å²) in [5, 5.41) is 5.23. The van der Waals surface area contributed by atoms with E-state index in [2.05, 4.69) is 145 Å². The molecule has 4 aromatic heterocycles. The number of para-hydroxylation sites is 6. The van der Waals surface area contributed by atoms with E-state index in [1.807, 2.05) is 0 Å². The lowest BCUT2D eigenvalue weighted by Crippen LogP contribution is -2.59. The third-order valence-electron chi connectivity index (χ3n) is 10.3. The van der Waals surface area contributed by atoms with Crippen molar-refractivity contribution in [3.63, 3.8) is 0 Å². The molecule has 0 bridgehead atoms. The first-order chi connectivity index (χ1) is 21.4. The van der Waals surface area contributed by atoms with Crippen LogP contribution in [-0.4, -0.2) is 24.6 Å².